The van der Waals surface area contributed by atoms with Gasteiger partial charge in [0.1, 0.15) is 18.2 Å². The quantitative estimate of drug-likeness (QED) is 0.693. The van der Waals surface area contributed by atoms with Gasteiger partial charge in [-0.3, -0.25) is 4.90 Å². The minimum absolute atomic E-state index is 0.247. The zero-order chi connectivity index (χ0) is 20.0. The molecule has 0 atom stereocenters. The molecule has 1 heterocycles. The van der Waals surface area contributed by atoms with Gasteiger partial charge in [-0.15, -0.1) is 5.92 Å². The molecule has 0 aromatic heterocycles. The van der Waals surface area contributed by atoms with Gasteiger partial charge in [-0.05, 0) is 74.8 Å². The number of hydrogen-bond acceptors (Lipinski definition) is 4. The van der Waals surface area contributed by atoms with Gasteiger partial charge in [0.15, 0.2) is 9.84 Å². The topological polar surface area (TPSA) is 46.6 Å². The van der Waals surface area contributed by atoms with Gasteiger partial charge in [0.05, 0.1) is 10.1 Å². The summed E-state index contributed by atoms with van der Waals surface area (Å²) in [6, 6.07) is 13.0. The van der Waals surface area contributed by atoms with Crippen LogP contribution < -0.4 is 4.74 Å². The molecule has 2 aromatic rings. The van der Waals surface area contributed by atoms with E-state index in [1.54, 1.807) is 43.3 Å². The molecule has 1 fully saturated rings. The van der Waals surface area contributed by atoms with Gasteiger partial charge in [-0.1, -0.05) is 18.1 Å². The van der Waals surface area contributed by atoms with E-state index in [1.165, 1.54) is 12.1 Å². The maximum Gasteiger partial charge on any atom is 0.181 e. The molecule has 0 saturated carbocycles. The van der Waals surface area contributed by atoms with Gasteiger partial charge in [-0.2, -0.15) is 0 Å². The highest BCUT2D eigenvalue weighted by molar-refractivity contribution is 7.92. The molecule has 4 nitrogen and oxygen atoms in total. The van der Waals surface area contributed by atoms with Crippen LogP contribution >= 0.6 is 0 Å². The highest BCUT2D eigenvalue weighted by Crippen LogP contribution is 2.26. The molecule has 28 heavy (non-hydrogen) atoms. The summed E-state index contributed by atoms with van der Waals surface area (Å²) in [5, 5.41) is -0.380. The predicted octanol–water partition coefficient (Wildman–Crippen LogP) is 3.67. The SMILES string of the molecule is CC#CCOc1ccc(S(=O)(=O)C2CCN(Cc3ccc(F)cc3)CC2)cc1. The highest BCUT2D eigenvalue weighted by Gasteiger charge is 2.31. The van der Waals surface area contributed by atoms with Crippen molar-refractivity contribution < 1.29 is 17.5 Å². The lowest BCUT2D eigenvalue weighted by Crippen LogP contribution is -2.38. The molecule has 1 saturated heterocycles. The van der Waals surface area contributed by atoms with E-state index in [9.17, 15) is 12.8 Å². The second kappa shape index (κ2) is 9.22. The molecule has 148 valence electrons. The Hall–Kier alpha value is -2.36. The summed E-state index contributed by atoms with van der Waals surface area (Å²) in [4.78, 5) is 2.55. The molecule has 3 rings (SSSR count). The molecule has 1 aliphatic heterocycles. The van der Waals surface area contributed by atoms with Crippen molar-refractivity contribution in [1.29, 1.82) is 0 Å². The summed E-state index contributed by atoms with van der Waals surface area (Å²) in [5.41, 5.74) is 1.03. The minimum Gasteiger partial charge on any atom is -0.481 e. The normalized spacial score (nSPS) is 15.6. The van der Waals surface area contributed by atoms with Crippen LogP contribution in [-0.2, 0) is 16.4 Å². The number of likely N-dealkylation sites (tertiary alicyclic amines) is 1. The van der Waals surface area contributed by atoms with Crippen molar-refractivity contribution in [3.63, 3.8) is 0 Å². The summed E-state index contributed by atoms with van der Waals surface area (Å²) in [6.45, 7) is 4.15. The summed E-state index contributed by atoms with van der Waals surface area (Å²) in [6.07, 6.45) is 1.18. The van der Waals surface area contributed by atoms with Gasteiger partial charge < -0.3 is 4.74 Å². The number of benzene rings is 2. The van der Waals surface area contributed by atoms with Crippen LogP contribution in [0.2, 0.25) is 0 Å². The fourth-order valence-corrected chi connectivity index (χ4v) is 5.07. The molecule has 6 heteroatoms. The van der Waals surface area contributed by atoms with Crippen LogP contribution in [0.4, 0.5) is 4.39 Å². The Labute approximate surface area is 166 Å². The van der Waals surface area contributed by atoms with Crippen LogP contribution in [-0.4, -0.2) is 38.3 Å². The third kappa shape index (κ3) is 5.12. The second-order valence-electron chi connectivity index (χ2n) is 6.83. The Bertz CT molecular complexity index is 936. The van der Waals surface area contributed by atoms with Gasteiger partial charge in [0.25, 0.3) is 0 Å². The van der Waals surface area contributed by atoms with E-state index < -0.39 is 9.84 Å². The standard InChI is InChI=1S/C22H24FNO3S/c1-2-3-16-27-20-8-10-21(11-9-20)28(25,26)22-12-14-24(15-13-22)17-18-4-6-19(23)7-5-18/h4-11,22H,12-17H2,1H3. The molecule has 0 spiro atoms. The van der Waals surface area contributed by atoms with E-state index in [-0.39, 0.29) is 17.7 Å². The molecular weight excluding hydrogens is 377 g/mol. The van der Waals surface area contributed by atoms with Crippen LogP contribution in [0.3, 0.4) is 0 Å². The van der Waals surface area contributed by atoms with E-state index in [0.29, 0.717) is 43.1 Å². The van der Waals surface area contributed by atoms with Gasteiger partial charge in [0, 0.05) is 6.54 Å². The van der Waals surface area contributed by atoms with Crippen molar-refractivity contribution in [2.75, 3.05) is 19.7 Å². The Kier molecular flexibility index (Phi) is 6.71. The summed E-state index contributed by atoms with van der Waals surface area (Å²) in [7, 11) is -3.37. The van der Waals surface area contributed by atoms with Crippen molar-refractivity contribution in [3.8, 4) is 17.6 Å². The summed E-state index contributed by atoms with van der Waals surface area (Å²) >= 11 is 0. The van der Waals surface area contributed by atoms with E-state index in [4.69, 9.17) is 4.74 Å². The van der Waals surface area contributed by atoms with E-state index in [1.807, 2.05) is 0 Å². The molecule has 0 radical (unpaired) electrons. The second-order valence-corrected chi connectivity index (χ2v) is 9.06. The van der Waals surface area contributed by atoms with Crippen molar-refractivity contribution in [3.05, 3.63) is 59.9 Å². The maximum atomic E-state index is 13.0. The Morgan fingerprint density at radius 2 is 1.71 bits per heavy atom. The van der Waals surface area contributed by atoms with Crippen molar-refractivity contribution in [1.82, 2.24) is 4.90 Å². The number of ether oxygens (including phenoxy) is 1. The Morgan fingerprint density at radius 1 is 1.07 bits per heavy atom. The lowest BCUT2D eigenvalue weighted by molar-refractivity contribution is 0.222. The van der Waals surface area contributed by atoms with Crippen LogP contribution in [0.25, 0.3) is 0 Å². The first-order valence-corrected chi connectivity index (χ1v) is 10.9. The fourth-order valence-electron chi connectivity index (χ4n) is 3.34. The third-order valence-corrected chi connectivity index (χ3v) is 7.21. The van der Waals surface area contributed by atoms with Crippen LogP contribution in [0.15, 0.2) is 53.4 Å². The van der Waals surface area contributed by atoms with Crippen molar-refractivity contribution >= 4 is 9.84 Å². The molecule has 0 amide bonds. The monoisotopic (exact) mass is 401 g/mol. The number of sulfone groups is 1. The van der Waals surface area contributed by atoms with Crippen LogP contribution in [0.1, 0.15) is 25.3 Å². The van der Waals surface area contributed by atoms with Gasteiger partial charge in [-0.25, -0.2) is 12.8 Å². The van der Waals surface area contributed by atoms with E-state index in [2.05, 4.69) is 16.7 Å². The first-order valence-electron chi connectivity index (χ1n) is 9.32. The summed E-state index contributed by atoms with van der Waals surface area (Å²) in [5.74, 6) is 5.91. The van der Waals surface area contributed by atoms with Crippen LogP contribution in [0, 0.1) is 17.7 Å². The highest BCUT2D eigenvalue weighted by atomic mass is 32.2. The van der Waals surface area contributed by atoms with E-state index in [0.717, 1.165) is 5.56 Å². The van der Waals surface area contributed by atoms with Crippen molar-refractivity contribution in [2.45, 2.75) is 36.5 Å². The third-order valence-electron chi connectivity index (χ3n) is 4.93. The minimum atomic E-state index is -3.37. The number of rotatable bonds is 6. The van der Waals surface area contributed by atoms with Gasteiger partial charge >= 0.3 is 0 Å². The molecule has 2 aromatic carbocycles. The maximum absolute atomic E-state index is 13.0. The Balaban J connectivity index is 1.57. The van der Waals surface area contributed by atoms with E-state index >= 15 is 0 Å². The smallest absolute Gasteiger partial charge is 0.181 e. The zero-order valence-electron chi connectivity index (χ0n) is 15.9. The predicted molar refractivity (Wildman–Crippen MR) is 107 cm³/mol. The largest absolute Gasteiger partial charge is 0.481 e. The fraction of sp³-hybridized carbons (Fsp3) is 0.364. The number of nitrogens with zero attached hydrogens (tertiary/aromatic N) is 1. The first-order chi connectivity index (χ1) is 13.5. The molecular formula is C22H24FNO3S. The summed E-state index contributed by atoms with van der Waals surface area (Å²) < 4.78 is 44.3. The van der Waals surface area contributed by atoms with Crippen LogP contribution in [0.5, 0.6) is 5.75 Å². The Morgan fingerprint density at radius 3 is 2.32 bits per heavy atom. The molecule has 0 bridgehead atoms. The molecule has 0 aliphatic carbocycles. The zero-order valence-corrected chi connectivity index (χ0v) is 16.7. The number of piperidine rings is 1. The molecule has 0 unspecified atom stereocenters. The molecule has 0 N–H and O–H groups in total. The number of hydrogen-bond donors (Lipinski definition) is 0. The molecule has 1 aliphatic rings. The lowest BCUT2D eigenvalue weighted by atomic mass is 10.1. The van der Waals surface area contributed by atoms with Gasteiger partial charge in [0.2, 0.25) is 0 Å². The van der Waals surface area contributed by atoms with Crippen molar-refractivity contribution in [2.24, 2.45) is 0 Å². The lowest BCUT2D eigenvalue weighted by Gasteiger charge is -2.31. The first kappa shape index (κ1) is 20.4. The number of halogens is 1. The average Bonchev–Trinajstić information content (AvgIpc) is 2.71. The average molecular weight is 402 g/mol.